The Labute approximate surface area is 345 Å². The number of alkyl halides is 1. The average Bonchev–Trinajstić information content (AvgIpc) is 3.15. The molecule has 0 saturated heterocycles. The van der Waals surface area contributed by atoms with Crippen molar-refractivity contribution in [2.75, 3.05) is 6.67 Å². The summed E-state index contributed by atoms with van der Waals surface area (Å²) in [5.41, 5.74) is 10.2. The van der Waals surface area contributed by atoms with Crippen molar-refractivity contribution in [3.63, 3.8) is 0 Å². The van der Waals surface area contributed by atoms with Crippen LogP contribution in [-0.4, -0.2) is 27.5 Å². The van der Waals surface area contributed by atoms with Crippen LogP contribution in [0, 0.1) is 65.5 Å². The maximum atomic E-state index is 12.2. The van der Waals surface area contributed by atoms with E-state index in [-0.39, 0.29) is 62.1 Å². The third-order valence-corrected chi connectivity index (χ3v) is 9.50. The van der Waals surface area contributed by atoms with Crippen molar-refractivity contribution in [3.8, 4) is 22.5 Å². The van der Waals surface area contributed by atoms with Gasteiger partial charge in [-0.25, -0.2) is 0 Å². The Balaban J connectivity index is 0.000000234. The largest absolute Gasteiger partial charge is 0.512 e. The minimum absolute atomic E-state index is 0. The number of rotatable bonds is 10. The second kappa shape index (κ2) is 21.5. The molecule has 0 amide bonds. The third kappa shape index (κ3) is 12.5. The van der Waals surface area contributed by atoms with Crippen LogP contribution >= 0.6 is 0 Å². The van der Waals surface area contributed by atoms with E-state index in [2.05, 4.69) is 72.3 Å². The molecule has 0 aliphatic rings. The molecule has 0 spiro atoms. The number of aromatic nitrogens is 2. The number of aliphatic hydroxyl groups excluding tert-OH is 1. The first-order valence-corrected chi connectivity index (χ1v) is 18.9. The average molecular weight is 918 g/mol. The van der Waals surface area contributed by atoms with Crippen LogP contribution in [0.2, 0.25) is 0 Å². The standard InChI is InChI=1S/2C18H16N.C13H23FO2.Ir/c2*1-12-4-5-17-15(9-12)6-7-19-18(17)16-10-13(2)8-14(3)11-16;1-4-10(5-2)12(15)9-13(16)11(6-3)7-8-14;/h2*4-10H,1-3H3;9-11,16H,4-8H2,1-3H3;/q2*-1;;/b;;13-9-;/i6D,7D;7D;;. The van der Waals surface area contributed by atoms with Gasteiger partial charge in [-0.05, 0) is 84.6 Å². The first kappa shape index (κ1) is 40.2. The van der Waals surface area contributed by atoms with Crippen molar-refractivity contribution in [2.24, 2.45) is 11.8 Å². The molecule has 6 aromatic rings. The minimum atomic E-state index is -0.463. The van der Waals surface area contributed by atoms with Gasteiger partial charge in [0.15, 0.2) is 5.78 Å². The van der Waals surface area contributed by atoms with Gasteiger partial charge in [-0.15, -0.1) is 69.8 Å². The summed E-state index contributed by atoms with van der Waals surface area (Å²) in [7, 11) is 0. The van der Waals surface area contributed by atoms with Gasteiger partial charge in [-0.1, -0.05) is 96.0 Å². The zero-order valence-corrected chi connectivity index (χ0v) is 36.0. The number of pyridine rings is 2. The molecule has 4 aromatic carbocycles. The number of hydrogen-bond donors (Lipinski definition) is 1. The number of aryl methyl sites for hydroxylation is 6. The smallest absolute Gasteiger partial charge is 0.162 e. The zero-order chi connectivity index (χ0) is 42.0. The summed E-state index contributed by atoms with van der Waals surface area (Å²) >= 11 is 0. The minimum Gasteiger partial charge on any atom is -0.512 e. The fourth-order valence-electron chi connectivity index (χ4n) is 6.64. The van der Waals surface area contributed by atoms with Gasteiger partial charge >= 0.3 is 0 Å². The molecule has 291 valence electrons. The monoisotopic (exact) mass is 918 g/mol. The van der Waals surface area contributed by atoms with Crippen molar-refractivity contribution in [2.45, 2.75) is 88.0 Å². The molecule has 1 atom stereocenters. The molecule has 2 aromatic heterocycles. The van der Waals surface area contributed by atoms with Crippen LogP contribution in [0.15, 0.2) is 97.0 Å². The van der Waals surface area contributed by atoms with Crippen LogP contribution < -0.4 is 0 Å². The second-order valence-corrected chi connectivity index (χ2v) is 14.1. The van der Waals surface area contributed by atoms with E-state index in [9.17, 15) is 14.3 Å². The van der Waals surface area contributed by atoms with Crippen molar-refractivity contribution in [1.29, 1.82) is 0 Å². The zero-order valence-electron chi connectivity index (χ0n) is 36.6. The molecule has 1 unspecified atom stereocenters. The molecule has 0 aliphatic heterocycles. The van der Waals surface area contributed by atoms with E-state index in [1.165, 1.54) is 17.2 Å². The summed E-state index contributed by atoms with van der Waals surface area (Å²) in [5.74, 6) is -0.245. The topological polar surface area (TPSA) is 63.1 Å². The Morgan fingerprint density at radius 3 is 1.69 bits per heavy atom. The van der Waals surface area contributed by atoms with Crippen LogP contribution in [0.25, 0.3) is 44.1 Å². The van der Waals surface area contributed by atoms with Crippen molar-refractivity contribution in [1.82, 2.24) is 9.97 Å². The van der Waals surface area contributed by atoms with Gasteiger partial charge < -0.3 is 15.1 Å². The molecule has 0 aliphatic carbocycles. The van der Waals surface area contributed by atoms with Crippen LogP contribution in [-0.2, 0) is 24.9 Å². The first-order chi connectivity index (χ1) is 27.1. The van der Waals surface area contributed by atoms with E-state index in [1.54, 1.807) is 0 Å². The number of ketones is 1. The molecule has 4 nitrogen and oxygen atoms in total. The Kier molecular flexibility index (Phi) is 15.7. The third-order valence-electron chi connectivity index (χ3n) is 9.50. The van der Waals surface area contributed by atoms with Crippen LogP contribution in [0.5, 0.6) is 0 Å². The molecule has 1 N–H and O–H groups in total. The number of hydrogen-bond acceptors (Lipinski definition) is 4. The predicted molar refractivity (Wildman–Crippen MR) is 225 cm³/mol. The van der Waals surface area contributed by atoms with Crippen molar-refractivity contribution in [3.05, 3.63) is 142 Å². The SMILES string of the molecule is CCC(CC)C(=O)/C=C(\O)C(CC)CCF.[2H]c1cc2cc(C)ccc2c(-c2[c-]c(C)cc(C)c2)n1.[2H]c1nc(-c2[c-]c(C)cc(C)c2)c2ccc(C)cc2c1[2H].[Ir]. The van der Waals surface area contributed by atoms with E-state index in [4.69, 9.17) is 4.11 Å². The summed E-state index contributed by atoms with van der Waals surface area (Å²) in [6.45, 7) is 17.5. The number of nitrogens with zero attached hydrogens (tertiary/aromatic N) is 2. The number of carbonyl (C=O) groups excluding carboxylic acids is 1. The Morgan fingerprint density at radius 1 is 0.709 bits per heavy atom. The van der Waals surface area contributed by atoms with Crippen LogP contribution in [0.1, 0.15) is 83.9 Å². The quantitative estimate of drug-likeness (QED) is 0.0845. The van der Waals surface area contributed by atoms with Crippen molar-refractivity contribution < 1.29 is 38.5 Å². The van der Waals surface area contributed by atoms with Crippen LogP contribution in [0.4, 0.5) is 4.39 Å². The first-order valence-electron chi connectivity index (χ1n) is 20.4. The summed E-state index contributed by atoms with van der Waals surface area (Å²) in [5, 5.41) is 13.5. The molecular weight excluding hydrogens is 860 g/mol. The molecular formula is C49H55FIrN2O2-2. The molecule has 0 fully saturated rings. The summed E-state index contributed by atoms with van der Waals surface area (Å²) < 4.78 is 36.1. The number of allylic oxidation sites excluding steroid dienone is 2. The normalized spacial score (nSPS) is 12.4. The van der Waals surface area contributed by atoms with Gasteiger partial charge in [0.2, 0.25) is 0 Å². The maximum Gasteiger partial charge on any atom is 0.162 e. The van der Waals surface area contributed by atoms with E-state index >= 15 is 0 Å². The van der Waals surface area contributed by atoms with Gasteiger partial charge in [-0.3, -0.25) is 9.18 Å². The summed E-state index contributed by atoms with van der Waals surface area (Å²) in [6.07, 6.45) is 4.10. The fourth-order valence-corrected chi connectivity index (χ4v) is 6.64. The molecule has 2 heterocycles. The van der Waals surface area contributed by atoms with Gasteiger partial charge in [0.1, 0.15) is 0 Å². The van der Waals surface area contributed by atoms with Crippen molar-refractivity contribution >= 4 is 27.3 Å². The number of benzene rings is 4. The molecule has 1 radical (unpaired) electrons. The fraction of sp³-hybridized carbons (Fsp3) is 0.327. The molecule has 6 rings (SSSR count). The van der Waals surface area contributed by atoms with E-state index < -0.39 is 6.67 Å². The Morgan fingerprint density at radius 2 is 1.20 bits per heavy atom. The predicted octanol–water partition coefficient (Wildman–Crippen LogP) is 13.1. The number of fused-ring (bicyclic) bond motifs is 2. The second-order valence-electron chi connectivity index (χ2n) is 14.1. The number of aliphatic hydroxyl groups is 1. The number of carbonyl (C=O) groups is 1. The van der Waals surface area contributed by atoms with Gasteiger partial charge in [-0.2, -0.15) is 0 Å². The van der Waals surface area contributed by atoms with Gasteiger partial charge in [0.25, 0.3) is 0 Å². The molecule has 0 saturated carbocycles. The molecule has 55 heavy (non-hydrogen) atoms. The Bertz CT molecular complexity index is 2350. The summed E-state index contributed by atoms with van der Waals surface area (Å²) in [6, 6.07) is 29.1. The molecule has 6 heteroatoms. The Hall–Kier alpha value is -4.51. The van der Waals surface area contributed by atoms with E-state index in [1.807, 2.05) is 78.8 Å². The van der Waals surface area contributed by atoms with Gasteiger partial charge in [0.05, 0.1) is 16.5 Å². The number of halogens is 1. The van der Waals surface area contributed by atoms with Gasteiger partial charge in [0, 0.05) is 50.4 Å². The molecule has 0 bridgehead atoms. The summed E-state index contributed by atoms with van der Waals surface area (Å²) in [4.78, 5) is 20.5. The van der Waals surface area contributed by atoms with Crippen LogP contribution in [0.3, 0.4) is 0 Å². The maximum absolute atomic E-state index is 12.2. The van der Waals surface area contributed by atoms with E-state index in [0.717, 1.165) is 79.2 Å². The van der Waals surface area contributed by atoms with E-state index in [0.29, 0.717) is 12.6 Å².